The number of aromatic nitrogens is 3. The number of hydrogen-bond acceptors (Lipinski definition) is 6. The summed E-state index contributed by atoms with van der Waals surface area (Å²) in [5, 5.41) is 4.78. The average Bonchev–Trinajstić information content (AvgIpc) is 3.22. The van der Waals surface area contributed by atoms with Crippen molar-refractivity contribution in [2.45, 2.75) is 13.5 Å². The number of fused-ring (bicyclic) bond motifs is 2. The first-order chi connectivity index (χ1) is 15.1. The molecule has 0 radical (unpaired) electrons. The van der Waals surface area contributed by atoms with Crippen molar-refractivity contribution in [2.75, 3.05) is 0 Å². The van der Waals surface area contributed by atoms with Gasteiger partial charge in [0.15, 0.2) is 5.76 Å². The van der Waals surface area contributed by atoms with Crippen LogP contribution >= 0.6 is 0 Å². The molecule has 0 amide bonds. The van der Waals surface area contributed by atoms with Crippen LogP contribution in [0.15, 0.2) is 82.2 Å². The first kappa shape index (κ1) is 18.7. The van der Waals surface area contributed by atoms with Gasteiger partial charge in [0.05, 0.1) is 16.6 Å². The number of benzene rings is 2. The summed E-state index contributed by atoms with van der Waals surface area (Å²) in [6.07, 6.45) is 1.66. The van der Waals surface area contributed by atoms with Gasteiger partial charge in [0.2, 0.25) is 0 Å². The molecule has 7 heteroatoms. The summed E-state index contributed by atoms with van der Waals surface area (Å²) in [7, 11) is 0. The Morgan fingerprint density at radius 1 is 1.06 bits per heavy atom. The number of carbonyl (C=O) groups is 1. The van der Waals surface area contributed by atoms with Crippen LogP contribution in [0.1, 0.15) is 21.6 Å². The minimum atomic E-state index is -0.520. The second-order valence-electron chi connectivity index (χ2n) is 7.16. The van der Waals surface area contributed by atoms with Crippen LogP contribution in [0.4, 0.5) is 0 Å². The molecular formula is C24H17N3O4. The van der Waals surface area contributed by atoms with E-state index in [1.807, 2.05) is 43.3 Å². The van der Waals surface area contributed by atoms with Gasteiger partial charge < -0.3 is 9.26 Å². The minimum Gasteiger partial charge on any atom is -0.456 e. The van der Waals surface area contributed by atoms with Crippen molar-refractivity contribution in [3.05, 3.63) is 100 Å². The summed E-state index contributed by atoms with van der Waals surface area (Å²) < 4.78 is 12.4. The number of ether oxygens (including phenoxy) is 1. The molecule has 0 fully saturated rings. The zero-order valence-corrected chi connectivity index (χ0v) is 16.6. The van der Waals surface area contributed by atoms with Crippen LogP contribution in [0.5, 0.6) is 0 Å². The third-order valence-corrected chi connectivity index (χ3v) is 5.04. The topological polar surface area (TPSA) is 86.7 Å². The van der Waals surface area contributed by atoms with Crippen molar-refractivity contribution in [3.63, 3.8) is 0 Å². The molecule has 31 heavy (non-hydrogen) atoms. The van der Waals surface area contributed by atoms with Crippen molar-refractivity contribution in [2.24, 2.45) is 0 Å². The van der Waals surface area contributed by atoms with Gasteiger partial charge in [-0.3, -0.25) is 9.20 Å². The highest BCUT2D eigenvalue weighted by atomic mass is 16.5. The van der Waals surface area contributed by atoms with Gasteiger partial charge in [0.1, 0.15) is 17.8 Å². The molecule has 3 aromatic heterocycles. The number of rotatable bonds is 4. The van der Waals surface area contributed by atoms with Crippen LogP contribution in [0.3, 0.4) is 0 Å². The van der Waals surface area contributed by atoms with Gasteiger partial charge >= 0.3 is 5.97 Å². The molecule has 0 aliphatic heterocycles. The lowest BCUT2D eigenvalue weighted by Crippen LogP contribution is -2.17. The normalized spacial score (nSPS) is 11.1. The molecule has 5 aromatic rings. The Labute approximate surface area is 176 Å². The number of nitrogens with zero attached hydrogens (tertiary/aromatic N) is 3. The summed E-state index contributed by atoms with van der Waals surface area (Å²) in [4.78, 5) is 29.4. The maximum atomic E-state index is 12.7. The highest BCUT2D eigenvalue weighted by molar-refractivity contribution is 5.98. The second kappa shape index (κ2) is 7.53. The Kier molecular flexibility index (Phi) is 4.55. The van der Waals surface area contributed by atoms with Crippen molar-refractivity contribution in [1.82, 2.24) is 14.5 Å². The highest BCUT2D eigenvalue weighted by Crippen LogP contribution is 2.29. The Hall–Kier alpha value is -4.26. The largest absolute Gasteiger partial charge is 0.456 e. The van der Waals surface area contributed by atoms with Crippen molar-refractivity contribution < 1.29 is 14.1 Å². The van der Waals surface area contributed by atoms with E-state index in [0.717, 1.165) is 16.5 Å². The summed E-state index contributed by atoms with van der Waals surface area (Å²) >= 11 is 0. The maximum absolute atomic E-state index is 12.7. The standard InChI is InChI=1S/C24H17N3O4/c1-15-6-5-11-27-21(28)13-18(25-23(15)27)14-30-24(29)17-9-10-20-19(12-17)22(31-26-20)16-7-3-2-4-8-16/h2-13H,14H2,1H3. The molecule has 0 bridgehead atoms. The molecule has 0 unspecified atom stereocenters. The molecule has 0 saturated carbocycles. The fourth-order valence-corrected chi connectivity index (χ4v) is 3.47. The highest BCUT2D eigenvalue weighted by Gasteiger charge is 2.15. The van der Waals surface area contributed by atoms with Crippen LogP contribution in [0.2, 0.25) is 0 Å². The fourth-order valence-electron chi connectivity index (χ4n) is 3.47. The number of aryl methyl sites for hydroxylation is 1. The molecule has 5 rings (SSSR count). The number of carbonyl (C=O) groups excluding carboxylic acids is 1. The fraction of sp³-hybridized carbons (Fsp3) is 0.0833. The molecule has 0 aliphatic rings. The van der Waals surface area contributed by atoms with Crippen LogP contribution in [-0.4, -0.2) is 20.5 Å². The Morgan fingerprint density at radius 2 is 1.90 bits per heavy atom. The van der Waals surface area contributed by atoms with E-state index >= 15 is 0 Å². The van der Waals surface area contributed by atoms with E-state index < -0.39 is 5.97 Å². The zero-order valence-electron chi connectivity index (χ0n) is 16.6. The van der Waals surface area contributed by atoms with Gasteiger partial charge in [-0.15, -0.1) is 0 Å². The molecule has 7 nitrogen and oxygen atoms in total. The zero-order chi connectivity index (χ0) is 21.4. The Morgan fingerprint density at radius 3 is 2.74 bits per heavy atom. The molecule has 0 N–H and O–H groups in total. The lowest BCUT2D eigenvalue weighted by atomic mass is 10.1. The number of hydrogen-bond donors (Lipinski definition) is 0. The van der Waals surface area contributed by atoms with Gasteiger partial charge in [-0.05, 0) is 36.8 Å². The van der Waals surface area contributed by atoms with E-state index in [1.54, 1.807) is 30.5 Å². The third-order valence-electron chi connectivity index (χ3n) is 5.04. The Balaban J connectivity index is 1.41. The molecule has 2 aromatic carbocycles. The van der Waals surface area contributed by atoms with E-state index in [-0.39, 0.29) is 12.2 Å². The SMILES string of the molecule is Cc1cccn2c(=O)cc(COC(=O)c3ccc4noc(-c5ccccc5)c4c3)nc12. The number of pyridine rings is 1. The second-order valence-corrected chi connectivity index (χ2v) is 7.16. The monoisotopic (exact) mass is 411 g/mol. The van der Waals surface area contributed by atoms with E-state index in [9.17, 15) is 9.59 Å². The van der Waals surface area contributed by atoms with Gasteiger partial charge in [-0.25, -0.2) is 9.78 Å². The lowest BCUT2D eigenvalue weighted by Gasteiger charge is -2.07. The summed E-state index contributed by atoms with van der Waals surface area (Å²) in [5.74, 6) is 0.0684. The molecule has 152 valence electrons. The quantitative estimate of drug-likeness (QED) is 0.413. The van der Waals surface area contributed by atoms with Crippen LogP contribution in [0.25, 0.3) is 27.9 Å². The van der Waals surface area contributed by atoms with Gasteiger partial charge in [-0.1, -0.05) is 41.6 Å². The molecule has 0 aliphatic carbocycles. The van der Waals surface area contributed by atoms with Gasteiger partial charge in [-0.2, -0.15) is 0 Å². The summed E-state index contributed by atoms with van der Waals surface area (Å²) in [5.41, 5.74) is 3.45. The van der Waals surface area contributed by atoms with Crippen molar-refractivity contribution in [1.29, 1.82) is 0 Å². The van der Waals surface area contributed by atoms with Crippen LogP contribution in [-0.2, 0) is 11.3 Å². The van der Waals surface area contributed by atoms with E-state index in [0.29, 0.717) is 28.2 Å². The summed E-state index contributed by atoms with van der Waals surface area (Å²) in [6.45, 7) is 1.77. The first-order valence-electron chi connectivity index (χ1n) is 9.70. The first-order valence-corrected chi connectivity index (χ1v) is 9.70. The lowest BCUT2D eigenvalue weighted by molar-refractivity contribution is 0.0468. The van der Waals surface area contributed by atoms with Crippen LogP contribution in [0, 0.1) is 6.92 Å². The minimum absolute atomic E-state index is 0.105. The number of esters is 1. The maximum Gasteiger partial charge on any atom is 0.338 e. The van der Waals surface area contributed by atoms with E-state index in [2.05, 4.69) is 10.1 Å². The smallest absolute Gasteiger partial charge is 0.338 e. The third kappa shape index (κ3) is 3.46. The summed E-state index contributed by atoms with van der Waals surface area (Å²) in [6, 6.07) is 19.6. The van der Waals surface area contributed by atoms with Crippen LogP contribution < -0.4 is 5.56 Å². The van der Waals surface area contributed by atoms with E-state index in [1.165, 1.54) is 10.5 Å². The molecule has 0 saturated heterocycles. The van der Waals surface area contributed by atoms with Crippen molar-refractivity contribution >= 4 is 22.5 Å². The van der Waals surface area contributed by atoms with E-state index in [4.69, 9.17) is 9.26 Å². The van der Waals surface area contributed by atoms with Gasteiger partial charge in [0, 0.05) is 17.8 Å². The molecule has 3 heterocycles. The van der Waals surface area contributed by atoms with Crippen molar-refractivity contribution in [3.8, 4) is 11.3 Å². The molecule has 0 atom stereocenters. The predicted molar refractivity (Wildman–Crippen MR) is 115 cm³/mol. The van der Waals surface area contributed by atoms with Gasteiger partial charge in [0.25, 0.3) is 5.56 Å². The average molecular weight is 411 g/mol. The molecular weight excluding hydrogens is 394 g/mol. The predicted octanol–water partition coefficient (Wildman–Crippen LogP) is 4.17. The molecule has 0 spiro atoms. The Bertz CT molecular complexity index is 1490.